The largest absolute Gasteiger partial charge is 0.396 e. The van der Waals surface area contributed by atoms with Crippen LogP contribution in [0.2, 0.25) is 0 Å². The van der Waals surface area contributed by atoms with Gasteiger partial charge in [-0.15, -0.1) is 0 Å². The van der Waals surface area contributed by atoms with Gasteiger partial charge in [-0.2, -0.15) is 13.1 Å². The van der Waals surface area contributed by atoms with Gasteiger partial charge in [-0.1, -0.05) is 0 Å². The molecule has 0 saturated carbocycles. The molecule has 0 atom stereocenters. The highest BCUT2D eigenvalue weighted by molar-refractivity contribution is 7.87. The molecule has 11 heavy (non-hydrogen) atoms. The maximum Gasteiger partial charge on any atom is 0.274 e. The van der Waals surface area contributed by atoms with Crippen LogP contribution in [0.15, 0.2) is 0 Å². The van der Waals surface area contributed by atoms with Crippen molar-refractivity contribution in [3.63, 3.8) is 0 Å². The highest BCUT2D eigenvalue weighted by atomic mass is 32.2. The standard InChI is InChI=1S/C5H14N2O3S/c1-5(2,3-4-8)7-11(6,9)10/h7-8H,3-4H2,1-2H3,(H2,6,9,10). The number of hydrogen-bond donors (Lipinski definition) is 3. The number of hydrogen-bond acceptors (Lipinski definition) is 3. The van der Waals surface area contributed by atoms with Crippen molar-refractivity contribution >= 4 is 10.2 Å². The van der Waals surface area contributed by atoms with Crippen LogP contribution in [0.1, 0.15) is 20.3 Å². The molecule has 0 aliphatic carbocycles. The van der Waals surface area contributed by atoms with Crippen LogP contribution in [0, 0.1) is 0 Å². The molecule has 0 fully saturated rings. The van der Waals surface area contributed by atoms with Gasteiger partial charge in [-0.25, -0.2) is 5.14 Å². The summed E-state index contributed by atoms with van der Waals surface area (Å²) in [4.78, 5) is 0. The van der Waals surface area contributed by atoms with E-state index in [0.29, 0.717) is 6.42 Å². The van der Waals surface area contributed by atoms with E-state index in [-0.39, 0.29) is 6.61 Å². The van der Waals surface area contributed by atoms with Gasteiger partial charge in [0, 0.05) is 12.1 Å². The third-order valence-corrected chi connectivity index (χ3v) is 1.99. The molecule has 0 radical (unpaired) electrons. The Bertz CT molecular complexity index is 210. The van der Waals surface area contributed by atoms with Crippen LogP contribution in [-0.4, -0.2) is 25.7 Å². The zero-order chi connectivity index (χ0) is 9.12. The van der Waals surface area contributed by atoms with E-state index in [0.717, 1.165) is 0 Å². The highest BCUT2D eigenvalue weighted by Gasteiger charge is 2.21. The van der Waals surface area contributed by atoms with Crippen LogP contribution in [0.3, 0.4) is 0 Å². The number of aliphatic hydroxyl groups excluding tert-OH is 1. The van der Waals surface area contributed by atoms with Crippen molar-refractivity contribution in [2.45, 2.75) is 25.8 Å². The van der Waals surface area contributed by atoms with Gasteiger partial charge in [0.2, 0.25) is 0 Å². The zero-order valence-electron chi connectivity index (χ0n) is 6.66. The second-order valence-electron chi connectivity index (χ2n) is 3.00. The number of nitrogens with one attached hydrogen (secondary N) is 1. The second kappa shape index (κ2) is 3.48. The molecule has 0 heterocycles. The van der Waals surface area contributed by atoms with E-state index < -0.39 is 15.7 Å². The predicted molar refractivity (Wildman–Crippen MR) is 42.0 cm³/mol. The first-order valence-electron chi connectivity index (χ1n) is 3.19. The van der Waals surface area contributed by atoms with Gasteiger partial charge in [0.15, 0.2) is 0 Å². The molecule has 0 aromatic rings. The monoisotopic (exact) mass is 182 g/mol. The van der Waals surface area contributed by atoms with Crippen molar-refractivity contribution in [1.82, 2.24) is 4.72 Å². The lowest BCUT2D eigenvalue weighted by Crippen LogP contribution is -2.47. The van der Waals surface area contributed by atoms with Gasteiger partial charge in [-0.05, 0) is 20.3 Å². The van der Waals surface area contributed by atoms with Crippen molar-refractivity contribution in [3.8, 4) is 0 Å². The van der Waals surface area contributed by atoms with Crippen LogP contribution >= 0.6 is 0 Å². The molecule has 0 rings (SSSR count). The molecule has 0 bridgehead atoms. The van der Waals surface area contributed by atoms with Crippen LogP contribution in [0.4, 0.5) is 0 Å². The van der Waals surface area contributed by atoms with E-state index >= 15 is 0 Å². The van der Waals surface area contributed by atoms with Crippen molar-refractivity contribution in [2.75, 3.05) is 6.61 Å². The Labute approximate surface area is 66.8 Å². The lowest BCUT2D eigenvalue weighted by molar-refractivity contribution is 0.246. The van der Waals surface area contributed by atoms with Gasteiger partial charge < -0.3 is 5.11 Å². The number of aliphatic hydroxyl groups is 1. The van der Waals surface area contributed by atoms with Crippen LogP contribution in [0.25, 0.3) is 0 Å². The molecular formula is C5H14N2O3S. The number of nitrogens with two attached hydrogens (primary N) is 1. The maximum absolute atomic E-state index is 10.5. The maximum atomic E-state index is 10.5. The molecule has 0 aliphatic rings. The van der Waals surface area contributed by atoms with E-state index in [1.54, 1.807) is 13.8 Å². The zero-order valence-corrected chi connectivity index (χ0v) is 7.48. The molecule has 5 nitrogen and oxygen atoms in total. The first-order valence-corrected chi connectivity index (χ1v) is 4.74. The van der Waals surface area contributed by atoms with Crippen molar-refractivity contribution in [3.05, 3.63) is 0 Å². The van der Waals surface area contributed by atoms with Gasteiger partial charge in [0.1, 0.15) is 0 Å². The molecule has 0 unspecified atom stereocenters. The highest BCUT2D eigenvalue weighted by Crippen LogP contribution is 2.07. The van der Waals surface area contributed by atoms with E-state index in [1.165, 1.54) is 0 Å². The molecule has 0 aliphatic heterocycles. The third kappa shape index (κ3) is 6.24. The fourth-order valence-corrected chi connectivity index (χ4v) is 1.59. The first-order chi connectivity index (χ1) is 4.77. The first kappa shape index (κ1) is 10.8. The average molecular weight is 182 g/mol. The van der Waals surface area contributed by atoms with Gasteiger partial charge in [0.25, 0.3) is 10.2 Å². The van der Waals surface area contributed by atoms with Gasteiger partial charge >= 0.3 is 0 Å². The van der Waals surface area contributed by atoms with Crippen LogP contribution < -0.4 is 9.86 Å². The third-order valence-electron chi connectivity index (χ3n) is 1.16. The Kier molecular flexibility index (Phi) is 3.43. The van der Waals surface area contributed by atoms with E-state index in [2.05, 4.69) is 4.72 Å². The average Bonchev–Trinajstić information content (AvgIpc) is 1.55. The van der Waals surface area contributed by atoms with Crippen LogP contribution in [0.5, 0.6) is 0 Å². The molecule has 0 amide bonds. The Balaban J connectivity index is 4.13. The lowest BCUT2D eigenvalue weighted by atomic mass is 10.0. The summed E-state index contributed by atoms with van der Waals surface area (Å²) < 4.78 is 23.2. The Morgan fingerprint density at radius 3 is 2.27 bits per heavy atom. The summed E-state index contributed by atoms with van der Waals surface area (Å²) in [7, 11) is -3.67. The van der Waals surface area contributed by atoms with Gasteiger partial charge in [0.05, 0.1) is 0 Å². The summed E-state index contributed by atoms with van der Waals surface area (Å²) in [6.45, 7) is 3.22. The molecule has 0 aromatic carbocycles. The summed E-state index contributed by atoms with van der Waals surface area (Å²) in [5, 5.41) is 13.3. The van der Waals surface area contributed by atoms with E-state index in [9.17, 15) is 8.42 Å². The SMILES string of the molecule is CC(C)(CCO)NS(N)(=O)=O. The summed E-state index contributed by atoms with van der Waals surface area (Å²) >= 11 is 0. The molecular weight excluding hydrogens is 168 g/mol. The summed E-state index contributed by atoms with van der Waals surface area (Å²) in [6.07, 6.45) is 0.337. The fraction of sp³-hybridized carbons (Fsp3) is 1.00. The molecule has 0 saturated heterocycles. The molecule has 0 aromatic heterocycles. The molecule has 6 heteroatoms. The normalized spacial score (nSPS) is 13.5. The van der Waals surface area contributed by atoms with Crippen molar-refractivity contribution in [2.24, 2.45) is 5.14 Å². The molecule has 4 N–H and O–H groups in total. The minimum Gasteiger partial charge on any atom is -0.396 e. The Morgan fingerprint density at radius 2 is 2.00 bits per heavy atom. The fourth-order valence-electron chi connectivity index (χ4n) is 0.716. The quantitative estimate of drug-likeness (QED) is 0.517. The Morgan fingerprint density at radius 1 is 1.55 bits per heavy atom. The van der Waals surface area contributed by atoms with Crippen LogP contribution in [-0.2, 0) is 10.2 Å². The topological polar surface area (TPSA) is 92.4 Å². The minimum atomic E-state index is -3.67. The smallest absolute Gasteiger partial charge is 0.274 e. The second-order valence-corrected chi connectivity index (χ2v) is 4.30. The predicted octanol–water partition coefficient (Wildman–Crippen LogP) is -1.06. The number of rotatable bonds is 4. The molecule has 68 valence electrons. The summed E-state index contributed by atoms with van der Waals surface area (Å²) in [5.41, 5.74) is -0.678. The van der Waals surface area contributed by atoms with E-state index in [1.807, 2.05) is 0 Å². The molecule has 0 spiro atoms. The summed E-state index contributed by atoms with van der Waals surface area (Å²) in [6, 6.07) is 0. The summed E-state index contributed by atoms with van der Waals surface area (Å²) in [5.74, 6) is 0. The minimum absolute atomic E-state index is 0.0739. The lowest BCUT2D eigenvalue weighted by Gasteiger charge is -2.23. The Hall–Kier alpha value is -0.170. The van der Waals surface area contributed by atoms with Crippen molar-refractivity contribution < 1.29 is 13.5 Å². The van der Waals surface area contributed by atoms with E-state index in [4.69, 9.17) is 10.2 Å². The van der Waals surface area contributed by atoms with Gasteiger partial charge in [-0.3, -0.25) is 0 Å². The van der Waals surface area contributed by atoms with Crippen molar-refractivity contribution in [1.29, 1.82) is 0 Å².